The molecule has 0 bridgehead atoms. The van der Waals surface area contributed by atoms with Crippen LogP contribution in [0.4, 0.5) is 0 Å². The average molecular weight is 232 g/mol. The lowest BCUT2D eigenvalue weighted by Gasteiger charge is -2.11. The molecule has 0 aliphatic heterocycles. The van der Waals surface area contributed by atoms with Gasteiger partial charge in [-0.25, -0.2) is 4.98 Å². The molecule has 1 aromatic carbocycles. The predicted octanol–water partition coefficient (Wildman–Crippen LogP) is 1.66. The Morgan fingerprint density at radius 3 is 3.06 bits per heavy atom. The van der Waals surface area contributed by atoms with E-state index in [4.69, 9.17) is 4.74 Å². The van der Waals surface area contributed by atoms with Crippen molar-refractivity contribution in [2.45, 2.75) is 19.5 Å². The van der Waals surface area contributed by atoms with Gasteiger partial charge in [-0.15, -0.1) is 0 Å². The van der Waals surface area contributed by atoms with Crippen LogP contribution in [0.2, 0.25) is 0 Å². The lowest BCUT2D eigenvalue weighted by atomic mass is 10.2. The molecule has 0 amide bonds. The van der Waals surface area contributed by atoms with Gasteiger partial charge in [-0.3, -0.25) is 5.10 Å². The molecule has 1 heterocycles. The van der Waals surface area contributed by atoms with Crippen LogP contribution < -0.4 is 10.1 Å². The van der Waals surface area contributed by atoms with Crippen LogP contribution >= 0.6 is 0 Å². The first-order valence-corrected chi connectivity index (χ1v) is 5.51. The molecule has 0 aliphatic carbocycles. The number of ether oxygens (including phenoxy) is 1. The Labute approximate surface area is 100 Å². The summed E-state index contributed by atoms with van der Waals surface area (Å²) in [5, 5.41) is 10.0. The number of benzene rings is 1. The third kappa shape index (κ3) is 3.04. The van der Waals surface area contributed by atoms with E-state index in [0.29, 0.717) is 0 Å². The molecule has 2 N–H and O–H groups in total. The lowest BCUT2D eigenvalue weighted by molar-refractivity contribution is 0.414. The number of methoxy groups -OCH3 is 1. The molecule has 0 fully saturated rings. The number of aromatic amines is 1. The van der Waals surface area contributed by atoms with Gasteiger partial charge in [0.25, 0.3) is 0 Å². The number of aromatic nitrogens is 3. The Morgan fingerprint density at radius 1 is 1.47 bits per heavy atom. The van der Waals surface area contributed by atoms with Crippen molar-refractivity contribution in [1.29, 1.82) is 0 Å². The Morgan fingerprint density at radius 2 is 2.35 bits per heavy atom. The molecular weight excluding hydrogens is 216 g/mol. The van der Waals surface area contributed by atoms with Crippen molar-refractivity contribution in [3.05, 3.63) is 42.0 Å². The third-order valence-corrected chi connectivity index (χ3v) is 2.59. The Kier molecular flexibility index (Phi) is 3.72. The fraction of sp³-hybridized carbons (Fsp3) is 0.333. The molecule has 17 heavy (non-hydrogen) atoms. The van der Waals surface area contributed by atoms with Crippen molar-refractivity contribution in [1.82, 2.24) is 20.5 Å². The maximum atomic E-state index is 5.18. The van der Waals surface area contributed by atoms with Crippen molar-refractivity contribution < 1.29 is 4.74 Å². The van der Waals surface area contributed by atoms with Gasteiger partial charge in [0.15, 0.2) is 0 Å². The predicted molar refractivity (Wildman–Crippen MR) is 64.6 cm³/mol. The summed E-state index contributed by atoms with van der Waals surface area (Å²) in [6.45, 7) is 2.81. The maximum absolute atomic E-state index is 5.18. The van der Waals surface area contributed by atoms with Gasteiger partial charge in [0.05, 0.1) is 13.2 Å². The zero-order chi connectivity index (χ0) is 12.1. The third-order valence-electron chi connectivity index (χ3n) is 2.59. The molecule has 0 aliphatic rings. The second kappa shape index (κ2) is 5.45. The van der Waals surface area contributed by atoms with Crippen LogP contribution in [0.3, 0.4) is 0 Å². The number of hydrogen-bond acceptors (Lipinski definition) is 4. The molecule has 1 unspecified atom stereocenters. The molecule has 5 heteroatoms. The summed E-state index contributed by atoms with van der Waals surface area (Å²) in [4.78, 5) is 4.11. The summed E-state index contributed by atoms with van der Waals surface area (Å²) in [7, 11) is 1.67. The van der Waals surface area contributed by atoms with Gasteiger partial charge < -0.3 is 10.1 Å². The minimum absolute atomic E-state index is 0.142. The molecule has 90 valence electrons. The summed E-state index contributed by atoms with van der Waals surface area (Å²) in [6.07, 6.45) is 1.51. The molecular formula is C12H16N4O. The molecule has 0 saturated carbocycles. The minimum Gasteiger partial charge on any atom is -0.497 e. The average Bonchev–Trinajstić information content (AvgIpc) is 2.90. The molecule has 0 spiro atoms. The molecule has 0 saturated heterocycles. The smallest absolute Gasteiger partial charge is 0.141 e. The topological polar surface area (TPSA) is 62.8 Å². The van der Waals surface area contributed by atoms with E-state index in [1.807, 2.05) is 25.1 Å². The summed E-state index contributed by atoms with van der Waals surface area (Å²) in [5.74, 6) is 1.71. The summed E-state index contributed by atoms with van der Waals surface area (Å²) in [6, 6.07) is 8.13. The summed E-state index contributed by atoms with van der Waals surface area (Å²) in [5.41, 5.74) is 1.18. The molecule has 2 aromatic rings. The van der Waals surface area contributed by atoms with Gasteiger partial charge in [-0.2, -0.15) is 5.10 Å². The van der Waals surface area contributed by atoms with E-state index >= 15 is 0 Å². The first kappa shape index (κ1) is 11.6. The zero-order valence-corrected chi connectivity index (χ0v) is 9.97. The van der Waals surface area contributed by atoms with Crippen molar-refractivity contribution in [3.8, 4) is 5.75 Å². The van der Waals surface area contributed by atoms with E-state index in [0.717, 1.165) is 18.1 Å². The number of hydrogen-bond donors (Lipinski definition) is 2. The van der Waals surface area contributed by atoms with Crippen molar-refractivity contribution in [3.63, 3.8) is 0 Å². The molecule has 2 rings (SSSR count). The number of rotatable bonds is 5. The highest BCUT2D eigenvalue weighted by atomic mass is 16.5. The van der Waals surface area contributed by atoms with E-state index in [1.54, 1.807) is 7.11 Å². The van der Waals surface area contributed by atoms with Crippen LogP contribution in [0, 0.1) is 0 Å². The molecule has 1 aromatic heterocycles. The second-order valence-electron chi connectivity index (χ2n) is 3.82. The summed E-state index contributed by atoms with van der Waals surface area (Å²) < 4.78 is 5.18. The monoisotopic (exact) mass is 232 g/mol. The highest BCUT2D eigenvalue weighted by Crippen LogP contribution is 2.13. The van der Waals surface area contributed by atoms with E-state index in [2.05, 4.69) is 26.6 Å². The lowest BCUT2D eigenvalue weighted by Crippen LogP contribution is -2.19. The van der Waals surface area contributed by atoms with Crippen molar-refractivity contribution in [2.75, 3.05) is 7.11 Å². The Bertz CT molecular complexity index is 455. The largest absolute Gasteiger partial charge is 0.497 e. The summed E-state index contributed by atoms with van der Waals surface area (Å²) >= 11 is 0. The number of H-pyrrole nitrogens is 1. The first-order valence-electron chi connectivity index (χ1n) is 5.51. The fourth-order valence-corrected chi connectivity index (χ4v) is 1.57. The van der Waals surface area contributed by atoms with E-state index < -0.39 is 0 Å². The van der Waals surface area contributed by atoms with Gasteiger partial charge in [0, 0.05) is 6.54 Å². The van der Waals surface area contributed by atoms with E-state index in [1.165, 1.54) is 11.9 Å². The van der Waals surface area contributed by atoms with Gasteiger partial charge in [-0.1, -0.05) is 12.1 Å². The van der Waals surface area contributed by atoms with Crippen LogP contribution in [0.15, 0.2) is 30.6 Å². The van der Waals surface area contributed by atoms with E-state index in [9.17, 15) is 0 Å². The van der Waals surface area contributed by atoms with Crippen molar-refractivity contribution >= 4 is 0 Å². The van der Waals surface area contributed by atoms with Crippen LogP contribution in [0.25, 0.3) is 0 Å². The standard InChI is InChI=1S/C12H16N4O/c1-9(12-14-8-15-16-12)13-7-10-4-3-5-11(6-10)17-2/h3-6,8-9,13H,7H2,1-2H3,(H,14,15,16). The van der Waals surface area contributed by atoms with Crippen LogP contribution in [0.1, 0.15) is 24.4 Å². The fourth-order valence-electron chi connectivity index (χ4n) is 1.57. The molecule has 0 radical (unpaired) electrons. The SMILES string of the molecule is COc1cccc(CNC(C)c2ncn[nH]2)c1. The second-order valence-corrected chi connectivity index (χ2v) is 3.82. The Balaban J connectivity index is 1.93. The minimum atomic E-state index is 0.142. The number of nitrogens with one attached hydrogen (secondary N) is 2. The first-order chi connectivity index (χ1) is 8.29. The Hall–Kier alpha value is -1.88. The zero-order valence-electron chi connectivity index (χ0n) is 9.97. The number of nitrogens with zero attached hydrogens (tertiary/aromatic N) is 2. The molecule has 5 nitrogen and oxygen atoms in total. The van der Waals surface area contributed by atoms with Gasteiger partial charge in [0.2, 0.25) is 0 Å². The van der Waals surface area contributed by atoms with Gasteiger partial charge in [0.1, 0.15) is 17.9 Å². The van der Waals surface area contributed by atoms with Crippen LogP contribution in [-0.2, 0) is 6.54 Å². The van der Waals surface area contributed by atoms with Gasteiger partial charge >= 0.3 is 0 Å². The highest BCUT2D eigenvalue weighted by molar-refractivity contribution is 5.28. The maximum Gasteiger partial charge on any atom is 0.141 e. The van der Waals surface area contributed by atoms with Crippen molar-refractivity contribution in [2.24, 2.45) is 0 Å². The highest BCUT2D eigenvalue weighted by Gasteiger charge is 2.07. The van der Waals surface area contributed by atoms with Crippen LogP contribution in [-0.4, -0.2) is 22.3 Å². The van der Waals surface area contributed by atoms with E-state index in [-0.39, 0.29) is 6.04 Å². The quantitative estimate of drug-likeness (QED) is 0.823. The normalized spacial score (nSPS) is 12.4. The van der Waals surface area contributed by atoms with Crippen LogP contribution in [0.5, 0.6) is 5.75 Å². The molecule has 1 atom stereocenters. The van der Waals surface area contributed by atoms with Gasteiger partial charge in [-0.05, 0) is 24.6 Å².